The molecule has 1 heterocycles. The molecule has 1 aromatic carbocycles. The molecule has 0 saturated heterocycles. The highest BCUT2D eigenvalue weighted by Gasteiger charge is 2.13. The molecule has 5 heteroatoms. The zero-order valence-corrected chi connectivity index (χ0v) is 10.5. The molecule has 0 aliphatic heterocycles. The highest BCUT2D eigenvalue weighted by Crippen LogP contribution is 2.19. The lowest BCUT2D eigenvalue weighted by atomic mass is 10.2. The molecule has 4 nitrogen and oxygen atoms in total. The predicted molar refractivity (Wildman–Crippen MR) is 69.0 cm³/mol. The van der Waals surface area contributed by atoms with Crippen LogP contribution in [0.15, 0.2) is 35.7 Å². The first-order chi connectivity index (χ1) is 8.58. The van der Waals surface area contributed by atoms with Gasteiger partial charge in [0.2, 0.25) is 5.91 Å². The lowest BCUT2D eigenvalue weighted by Gasteiger charge is -2.04. The molecular formula is C13H11NO3S. The van der Waals surface area contributed by atoms with E-state index in [4.69, 9.17) is 10.5 Å². The van der Waals surface area contributed by atoms with Crippen molar-refractivity contribution >= 4 is 23.2 Å². The number of hydrogen-bond donors (Lipinski definition) is 1. The Morgan fingerprint density at radius 2 is 1.83 bits per heavy atom. The fourth-order valence-electron chi connectivity index (χ4n) is 1.42. The molecule has 0 fully saturated rings. The molecule has 0 bridgehead atoms. The van der Waals surface area contributed by atoms with Gasteiger partial charge in [-0.25, -0.2) is 4.79 Å². The van der Waals surface area contributed by atoms with Crippen molar-refractivity contribution in [2.75, 3.05) is 0 Å². The molecule has 2 aromatic rings. The molecule has 0 atom stereocenters. The second kappa shape index (κ2) is 5.01. The minimum Gasteiger partial charge on any atom is -0.422 e. The maximum Gasteiger partial charge on any atom is 0.353 e. The monoisotopic (exact) mass is 261 g/mol. The summed E-state index contributed by atoms with van der Waals surface area (Å²) in [4.78, 5) is 23.3. The summed E-state index contributed by atoms with van der Waals surface area (Å²) in [5.74, 6) is -0.519. The number of rotatable bonds is 3. The van der Waals surface area contributed by atoms with Gasteiger partial charge >= 0.3 is 5.97 Å². The first kappa shape index (κ1) is 12.3. The van der Waals surface area contributed by atoms with Gasteiger partial charge in [0, 0.05) is 5.56 Å². The number of nitrogens with two attached hydrogens (primary N) is 1. The number of benzene rings is 1. The van der Waals surface area contributed by atoms with Crippen molar-refractivity contribution < 1.29 is 14.3 Å². The Morgan fingerprint density at radius 3 is 2.33 bits per heavy atom. The number of thiophene rings is 1. The molecule has 0 unspecified atom stereocenters. The first-order valence-corrected chi connectivity index (χ1v) is 6.12. The Kier molecular flexibility index (Phi) is 3.43. The van der Waals surface area contributed by atoms with Crippen LogP contribution in [0.4, 0.5) is 0 Å². The van der Waals surface area contributed by atoms with E-state index in [-0.39, 0.29) is 0 Å². The second-order valence-electron chi connectivity index (χ2n) is 3.71. The van der Waals surface area contributed by atoms with Gasteiger partial charge in [-0.05, 0) is 48.2 Å². The smallest absolute Gasteiger partial charge is 0.353 e. The maximum absolute atomic E-state index is 11.8. The van der Waals surface area contributed by atoms with E-state index < -0.39 is 11.9 Å². The van der Waals surface area contributed by atoms with Crippen molar-refractivity contribution in [1.82, 2.24) is 0 Å². The molecule has 0 spiro atoms. The molecule has 0 aliphatic carbocycles. The number of carbonyl (C=O) groups excluding carboxylic acids is 2. The van der Waals surface area contributed by atoms with Gasteiger partial charge in [-0.2, -0.15) is 0 Å². The second-order valence-corrected chi connectivity index (χ2v) is 4.63. The molecule has 0 radical (unpaired) electrons. The van der Waals surface area contributed by atoms with Crippen LogP contribution >= 0.6 is 11.3 Å². The lowest BCUT2D eigenvalue weighted by molar-refractivity contribution is 0.0739. The van der Waals surface area contributed by atoms with Crippen LogP contribution in [0.25, 0.3) is 0 Å². The molecule has 2 rings (SSSR count). The quantitative estimate of drug-likeness (QED) is 0.681. The Hall–Kier alpha value is -2.14. The van der Waals surface area contributed by atoms with Crippen molar-refractivity contribution in [3.05, 3.63) is 51.7 Å². The van der Waals surface area contributed by atoms with Crippen molar-refractivity contribution in [1.29, 1.82) is 0 Å². The average Bonchev–Trinajstić information content (AvgIpc) is 2.76. The van der Waals surface area contributed by atoms with Crippen LogP contribution in [0.3, 0.4) is 0 Å². The van der Waals surface area contributed by atoms with Crippen molar-refractivity contribution in [3.8, 4) is 5.75 Å². The summed E-state index contributed by atoms with van der Waals surface area (Å²) in [5, 5.41) is 1.84. The summed E-state index contributed by atoms with van der Waals surface area (Å²) >= 11 is 1.34. The number of esters is 1. The van der Waals surface area contributed by atoms with Gasteiger partial charge in [0.15, 0.2) is 0 Å². The number of aryl methyl sites for hydroxylation is 1. The molecule has 2 N–H and O–H groups in total. The van der Waals surface area contributed by atoms with Crippen LogP contribution in [0.5, 0.6) is 5.75 Å². The van der Waals surface area contributed by atoms with E-state index in [0.29, 0.717) is 16.2 Å². The van der Waals surface area contributed by atoms with Crippen molar-refractivity contribution in [2.45, 2.75) is 6.92 Å². The Labute approximate surface area is 108 Å². The number of hydrogen-bond acceptors (Lipinski definition) is 4. The van der Waals surface area contributed by atoms with Crippen LogP contribution in [0, 0.1) is 6.92 Å². The van der Waals surface area contributed by atoms with Gasteiger partial charge in [0.05, 0.1) is 0 Å². The zero-order chi connectivity index (χ0) is 13.1. The summed E-state index contributed by atoms with van der Waals surface area (Å²) in [7, 11) is 0. The van der Waals surface area contributed by atoms with E-state index in [2.05, 4.69) is 0 Å². The van der Waals surface area contributed by atoms with E-state index in [1.54, 1.807) is 12.1 Å². The fourth-order valence-corrected chi connectivity index (χ4v) is 2.22. The minimum absolute atomic E-state index is 0.377. The van der Waals surface area contributed by atoms with E-state index in [1.165, 1.54) is 23.5 Å². The Morgan fingerprint density at radius 1 is 1.17 bits per heavy atom. The highest BCUT2D eigenvalue weighted by atomic mass is 32.1. The number of primary amides is 1. The largest absolute Gasteiger partial charge is 0.422 e. The van der Waals surface area contributed by atoms with E-state index in [1.807, 2.05) is 18.4 Å². The molecule has 18 heavy (non-hydrogen) atoms. The zero-order valence-electron chi connectivity index (χ0n) is 9.67. The summed E-state index contributed by atoms with van der Waals surface area (Å²) < 4.78 is 5.19. The van der Waals surface area contributed by atoms with Crippen molar-refractivity contribution in [3.63, 3.8) is 0 Å². The normalized spacial score (nSPS) is 10.1. The molecule has 0 saturated carbocycles. The summed E-state index contributed by atoms with van der Waals surface area (Å²) in [6.07, 6.45) is 0. The molecule has 0 aliphatic rings. The minimum atomic E-state index is -0.512. The van der Waals surface area contributed by atoms with Gasteiger partial charge < -0.3 is 10.5 Å². The standard InChI is InChI=1S/C13H11NO3S/c1-8-6-7-18-11(8)13(16)17-10-4-2-9(3-5-10)12(14)15/h2-7H,1H3,(H2,14,15). The summed E-state index contributed by atoms with van der Waals surface area (Å²) in [6, 6.07) is 7.98. The average molecular weight is 261 g/mol. The van der Waals surface area contributed by atoms with Crippen LogP contribution in [-0.2, 0) is 0 Å². The van der Waals surface area contributed by atoms with Crippen molar-refractivity contribution in [2.24, 2.45) is 5.73 Å². The Balaban J connectivity index is 2.13. The van der Waals surface area contributed by atoms with E-state index in [9.17, 15) is 9.59 Å². The molecule has 1 aromatic heterocycles. The Bertz CT molecular complexity index is 587. The third-order valence-corrected chi connectivity index (χ3v) is 3.39. The molecule has 1 amide bonds. The number of ether oxygens (including phenoxy) is 1. The number of amides is 1. The number of carbonyl (C=O) groups is 2. The third kappa shape index (κ3) is 2.57. The van der Waals surface area contributed by atoms with Gasteiger partial charge in [-0.15, -0.1) is 11.3 Å². The van der Waals surface area contributed by atoms with Gasteiger partial charge in [0.1, 0.15) is 10.6 Å². The van der Waals surface area contributed by atoms with Gasteiger partial charge in [-0.3, -0.25) is 4.79 Å². The third-order valence-electron chi connectivity index (χ3n) is 2.40. The topological polar surface area (TPSA) is 69.4 Å². The van der Waals surface area contributed by atoms with Crippen LogP contribution < -0.4 is 10.5 Å². The van der Waals surface area contributed by atoms with Gasteiger partial charge in [-0.1, -0.05) is 0 Å². The molecule has 92 valence electrons. The van der Waals surface area contributed by atoms with Crippen LogP contribution in [0.2, 0.25) is 0 Å². The maximum atomic E-state index is 11.8. The fraction of sp³-hybridized carbons (Fsp3) is 0.0769. The van der Waals surface area contributed by atoms with Crippen LogP contribution in [-0.4, -0.2) is 11.9 Å². The SMILES string of the molecule is Cc1ccsc1C(=O)Oc1ccc(C(N)=O)cc1. The van der Waals surface area contributed by atoms with E-state index >= 15 is 0 Å². The lowest BCUT2D eigenvalue weighted by Crippen LogP contribution is -2.11. The summed E-state index contributed by atoms with van der Waals surface area (Å²) in [6.45, 7) is 1.85. The van der Waals surface area contributed by atoms with E-state index in [0.717, 1.165) is 5.56 Å². The molecular weight excluding hydrogens is 250 g/mol. The van der Waals surface area contributed by atoms with Gasteiger partial charge in [0.25, 0.3) is 0 Å². The van der Waals surface area contributed by atoms with Crippen LogP contribution in [0.1, 0.15) is 25.6 Å². The summed E-state index contributed by atoms with van der Waals surface area (Å²) in [5.41, 5.74) is 6.38. The highest BCUT2D eigenvalue weighted by molar-refractivity contribution is 7.12. The predicted octanol–water partition coefficient (Wildman–Crippen LogP) is 2.37. The first-order valence-electron chi connectivity index (χ1n) is 5.24.